The highest BCUT2D eigenvalue weighted by molar-refractivity contribution is 5.80. The molecule has 1 aliphatic carbocycles. The topological polar surface area (TPSA) is 61.8 Å². The van der Waals surface area contributed by atoms with Crippen molar-refractivity contribution in [1.29, 1.82) is 0 Å². The van der Waals surface area contributed by atoms with E-state index in [0.29, 0.717) is 6.61 Å². The van der Waals surface area contributed by atoms with Crippen molar-refractivity contribution in [3.63, 3.8) is 0 Å². The number of esters is 2. The van der Waals surface area contributed by atoms with E-state index in [1.165, 1.54) is 7.11 Å². The Hall–Kier alpha value is -1.88. The molecule has 138 valence electrons. The smallest absolute Gasteiger partial charge is 0.309 e. The van der Waals surface area contributed by atoms with E-state index in [2.05, 4.69) is 0 Å². The van der Waals surface area contributed by atoms with Crippen LogP contribution in [0.4, 0.5) is 0 Å². The van der Waals surface area contributed by atoms with E-state index in [1.54, 1.807) is 0 Å². The fraction of sp³-hybridized carbons (Fsp3) is 0.600. The molecule has 25 heavy (non-hydrogen) atoms. The van der Waals surface area contributed by atoms with Crippen molar-refractivity contribution < 1.29 is 23.8 Å². The third-order valence-corrected chi connectivity index (χ3v) is 4.34. The van der Waals surface area contributed by atoms with Crippen molar-refractivity contribution >= 4 is 11.9 Å². The van der Waals surface area contributed by atoms with E-state index in [1.807, 2.05) is 51.1 Å². The van der Waals surface area contributed by atoms with E-state index < -0.39 is 11.5 Å². The second-order valence-corrected chi connectivity index (χ2v) is 7.57. The summed E-state index contributed by atoms with van der Waals surface area (Å²) in [4.78, 5) is 24.1. The summed E-state index contributed by atoms with van der Waals surface area (Å²) in [5.41, 5.74) is 0.572. The molecule has 0 aromatic heterocycles. The van der Waals surface area contributed by atoms with E-state index in [-0.39, 0.29) is 30.4 Å². The van der Waals surface area contributed by atoms with Gasteiger partial charge in [0.1, 0.15) is 5.60 Å². The van der Waals surface area contributed by atoms with Crippen LogP contribution in [-0.4, -0.2) is 30.8 Å². The Morgan fingerprint density at radius 2 is 1.80 bits per heavy atom. The van der Waals surface area contributed by atoms with Gasteiger partial charge in [-0.05, 0) is 45.1 Å². The van der Waals surface area contributed by atoms with E-state index in [9.17, 15) is 9.59 Å². The molecule has 5 nitrogen and oxygen atoms in total. The molecule has 0 bridgehead atoms. The van der Waals surface area contributed by atoms with Crippen LogP contribution in [0.1, 0.15) is 45.6 Å². The highest BCUT2D eigenvalue weighted by Crippen LogP contribution is 2.39. The molecule has 1 atom stereocenters. The van der Waals surface area contributed by atoms with Crippen LogP contribution in [-0.2, 0) is 30.4 Å². The van der Waals surface area contributed by atoms with Crippen LogP contribution in [0.5, 0.6) is 0 Å². The highest BCUT2D eigenvalue weighted by Gasteiger charge is 2.41. The minimum absolute atomic E-state index is 0.0556. The Morgan fingerprint density at radius 1 is 1.16 bits per heavy atom. The first-order valence-corrected chi connectivity index (χ1v) is 8.73. The SMILES string of the molecule is COC(=O)C(CC(=O)OC(C)(C)C)C1CC(OCc2ccccc2)C1. The molecule has 1 fully saturated rings. The van der Waals surface area contributed by atoms with E-state index >= 15 is 0 Å². The molecule has 1 unspecified atom stereocenters. The molecule has 1 saturated carbocycles. The van der Waals surface area contributed by atoms with Gasteiger partial charge in [0, 0.05) is 0 Å². The van der Waals surface area contributed by atoms with Gasteiger partial charge in [0.25, 0.3) is 0 Å². The molecule has 0 aliphatic heterocycles. The second-order valence-electron chi connectivity index (χ2n) is 7.57. The number of methoxy groups -OCH3 is 1. The number of benzene rings is 1. The molecule has 1 aromatic rings. The molecule has 1 aliphatic rings. The highest BCUT2D eigenvalue weighted by atomic mass is 16.6. The Kier molecular flexibility index (Phi) is 6.59. The maximum absolute atomic E-state index is 12.1. The molecule has 0 amide bonds. The van der Waals surface area contributed by atoms with Crippen molar-refractivity contribution in [3.05, 3.63) is 35.9 Å². The summed E-state index contributed by atoms with van der Waals surface area (Å²) in [7, 11) is 1.35. The summed E-state index contributed by atoms with van der Waals surface area (Å²) in [5, 5.41) is 0. The molecular formula is C20H28O5. The van der Waals surface area contributed by atoms with Gasteiger partial charge >= 0.3 is 11.9 Å². The normalized spacial score (nSPS) is 21.1. The lowest BCUT2D eigenvalue weighted by atomic mass is 9.72. The van der Waals surface area contributed by atoms with Crippen LogP contribution in [0.2, 0.25) is 0 Å². The Morgan fingerprint density at radius 3 is 2.36 bits per heavy atom. The Bertz CT molecular complexity index is 569. The summed E-state index contributed by atoms with van der Waals surface area (Å²) in [6.45, 7) is 6.01. The summed E-state index contributed by atoms with van der Waals surface area (Å²) in [5.74, 6) is -1.08. The number of hydrogen-bond acceptors (Lipinski definition) is 5. The average Bonchev–Trinajstić information content (AvgIpc) is 2.50. The fourth-order valence-electron chi connectivity index (χ4n) is 3.02. The zero-order chi connectivity index (χ0) is 18.4. The van der Waals surface area contributed by atoms with Gasteiger partial charge in [0.15, 0.2) is 0 Å². The van der Waals surface area contributed by atoms with Gasteiger partial charge in [-0.3, -0.25) is 9.59 Å². The first-order valence-electron chi connectivity index (χ1n) is 8.73. The fourth-order valence-corrected chi connectivity index (χ4v) is 3.02. The molecule has 2 rings (SSSR count). The van der Waals surface area contributed by atoms with Gasteiger partial charge in [0.2, 0.25) is 0 Å². The van der Waals surface area contributed by atoms with Gasteiger partial charge < -0.3 is 14.2 Å². The van der Waals surface area contributed by atoms with Crippen LogP contribution >= 0.6 is 0 Å². The summed E-state index contributed by atoms with van der Waals surface area (Å²) >= 11 is 0. The Labute approximate surface area is 149 Å². The first kappa shape index (κ1) is 19.4. The van der Waals surface area contributed by atoms with Crippen LogP contribution in [0.15, 0.2) is 30.3 Å². The van der Waals surface area contributed by atoms with Gasteiger partial charge in [-0.1, -0.05) is 30.3 Å². The number of carbonyl (C=O) groups is 2. The first-order chi connectivity index (χ1) is 11.8. The molecule has 0 N–H and O–H groups in total. The van der Waals surface area contributed by atoms with Crippen molar-refractivity contribution in [3.8, 4) is 0 Å². The van der Waals surface area contributed by atoms with Gasteiger partial charge in [-0.2, -0.15) is 0 Å². The third kappa shape index (κ3) is 6.16. The van der Waals surface area contributed by atoms with Crippen molar-refractivity contribution in [2.45, 2.75) is 58.3 Å². The zero-order valence-corrected chi connectivity index (χ0v) is 15.5. The van der Waals surface area contributed by atoms with Crippen molar-refractivity contribution in [2.75, 3.05) is 7.11 Å². The zero-order valence-electron chi connectivity index (χ0n) is 15.5. The quantitative estimate of drug-likeness (QED) is 0.706. The second kappa shape index (κ2) is 8.48. The summed E-state index contributed by atoms with van der Waals surface area (Å²) in [6.07, 6.45) is 1.70. The van der Waals surface area contributed by atoms with Gasteiger partial charge in [-0.25, -0.2) is 0 Å². The number of rotatable bonds is 7. The number of ether oxygens (including phenoxy) is 3. The largest absolute Gasteiger partial charge is 0.469 e. The minimum Gasteiger partial charge on any atom is -0.469 e. The average molecular weight is 348 g/mol. The maximum Gasteiger partial charge on any atom is 0.309 e. The van der Waals surface area contributed by atoms with Gasteiger partial charge in [-0.15, -0.1) is 0 Å². The van der Waals surface area contributed by atoms with E-state index in [4.69, 9.17) is 14.2 Å². The molecule has 0 radical (unpaired) electrons. The lowest BCUT2D eigenvalue weighted by Crippen LogP contribution is -2.41. The molecule has 0 spiro atoms. The van der Waals surface area contributed by atoms with Crippen LogP contribution < -0.4 is 0 Å². The molecule has 0 saturated heterocycles. The third-order valence-electron chi connectivity index (χ3n) is 4.34. The van der Waals surface area contributed by atoms with Crippen LogP contribution in [0.25, 0.3) is 0 Å². The lowest BCUT2D eigenvalue weighted by Gasteiger charge is -2.39. The van der Waals surface area contributed by atoms with Crippen LogP contribution in [0.3, 0.4) is 0 Å². The maximum atomic E-state index is 12.1. The number of hydrogen-bond donors (Lipinski definition) is 0. The Balaban J connectivity index is 1.82. The van der Waals surface area contributed by atoms with Gasteiger partial charge in [0.05, 0.1) is 32.2 Å². The van der Waals surface area contributed by atoms with Crippen LogP contribution in [0, 0.1) is 11.8 Å². The summed E-state index contributed by atoms with van der Waals surface area (Å²) < 4.78 is 16.1. The van der Waals surface area contributed by atoms with Crippen molar-refractivity contribution in [1.82, 2.24) is 0 Å². The standard InChI is InChI=1S/C20H28O5/c1-20(2,3)25-18(21)12-17(19(22)23-4)15-10-16(11-15)24-13-14-8-6-5-7-9-14/h5-9,15-17H,10-13H2,1-4H3. The lowest BCUT2D eigenvalue weighted by molar-refractivity contribution is -0.165. The molecular weight excluding hydrogens is 320 g/mol. The molecule has 5 heteroatoms. The predicted octanol–water partition coefficient (Wildman–Crippen LogP) is 3.50. The summed E-state index contributed by atoms with van der Waals surface area (Å²) in [6, 6.07) is 9.99. The molecule has 1 aromatic carbocycles. The van der Waals surface area contributed by atoms with E-state index in [0.717, 1.165) is 18.4 Å². The predicted molar refractivity (Wildman–Crippen MR) is 93.7 cm³/mol. The van der Waals surface area contributed by atoms with Crippen molar-refractivity contribution in [2.24, 2.45) is 11.8 Å². The molecule has 0 heterocycles. The number of carbonyl (C=O) groups excluding carboxylic acids is 2. The monoisotopic (exact) mass is 348 g/mol. The minimum atomic E-state index is -0.557.